The summed E-state index contributed by atoms with van der Waals surface area (Å²) in [5.41, 5.74) is 1.05. The third kappa shape index (κ3) is 1.59. The fourth-order valence-electron chi connectivity index (χ4n) is 1.95. The van der Waals surface area contributed by atoms with Gasteiger partial charge >= 0.3 is 0 Å². The Morgan fingerprint density at radius 1 is 1.64 bits per heavy atom. The van der Waals surface area contributed by atoms with Crippen LogP contribution in [0.25, 0.3) is 0 Å². The van der Waals surface area contributed by atoms with E-state index in [0.29, 0.717) is 5.92 Å². The molecule has 1 aliphatic rings. The maximum atomic E-state index is 11.7. The van der Waals surface area contributed by atoms with E-state index in [2.05, 4.69) is 11.9 Å². The first-order valence-corrected chi connectivity index (χ1v) is 5.30. The highest BCUT2D eigenvalue weighted by Gasteiger charge is 2.17. The molecule has 14 heavy (non-hydrogen) atoms. The number of hydrogen-bond donors (Lipinski definition) is 0. The van der Waals surface area contributed by atoms with Crippen LogP contribution in [0.3, 0.4) is 0 Å². The Morgan fingerprint density at radius 2 is 2.43 bits per heavy atom. The number of rotatable bonds is 1. The van der Waals surface area contributed by atoms with Crippen LogP contribution >= 0.6 is 0 Å². The largest absolute Gasteiger partial charge is 0.296 e. The van der Waals surface area contributed by atoms with Crippen molar-refractivity contribution < 1.29 is 0 Å². The van der Waals surface area contributed by atoms with E-state index in [-0.39, 0.29) is 5.56 Å². The highest BCUT2D eigenvalue weighted by atomic mass is 16.1. The molecule has 1 aliphatic heterocycles. The van der Waals surface area contributed by atoms with Crippen LogP contribution in [0.5, 0.6) is 0 Å². The highest BCUT2D eigenvalue weighted by molar-refractivity contribution is 5.06. The van der Waals surface area contributed by atoms with Gasteiger partial charge in [-0.2, -0.15) is 0 Å². The SMILES string of the molecule is CCc1cc(=O)n2c(n1)CC[C@@H](C)C2. The highest BCUT2D eigenvalue weighted by Crippen LogP contribution is 2.16. The van der Waals surface area contributed by atoms with Gasteiger partial charge in [0.2, 0.25) is 0 Å². The number of aryl methyl sites for hydroxylation is 2. The molecule has 1 aromatic heterocycles. The van der Waals surface area contributed by atoms with Gasteiger partial charge < -0.3 is 0 Å². The summed E-state index contributed by atoms with van der Waals surface area (Å²) < 4.78 is 1.83. The molecule has 3 heteroatoms. The molecule has 0 radical (unpaired) electrons. The van der Waals surface area contributed by atoms with Crippen molar-refractivity contribution in [3.8, 4) is 0 Å². The second kappa shape index (κ2) is 3.56. The minimum absolute atomic E-state index is 0.124. The van der Waals surface area contributed by atoms with E-state index in [9.17, 15) is 4.79 Å². The predicted octanol–water partition coefficient (Wildman–Crippen LogP) is 1.39. The third-order valence-corrected chi connectivity index (χ3v) is 2.86. The average molecular weight is 192 g/mol. The van der Waals surface area contributed by atoms with Crippen molar-refractivity contribution in [1.29, 1.82) is 0 Å². The summed E-state index contributed by atoms with van der Waals surface area (Å²) in [5, 5.41) is 0. The fourth-order valence-corrected chi connectivity index (χ4v) is 1.95. The van der Waals surface area contributed by atoms with E-state index in [4.69, 9.17) is 0 Å². The molecule has 0 N–H and O–H groups in total. The van der Waals surface area contributed by atoms with Crippen molar-refractivity contribution in [1.82, 2.24) is 9.55 Å². The van der Waals surface area contributed by atoms with Gasteiger partial charge in [0, 0.05) is 24.7 Å². The molecule has 2 rings (SSSR count). The molecule has 3 nitrogen and oxygen atoms in total. The van der Waals surface area contributed by atoms with E-state index in [0.717, 1.165) is 37.3 Å². The lowest BCUT2D eigenvalue weighted by molar-refractivity contribution is 0.377. The Hall–Kier alpha value is -1.12. The van der Waals surface area contributed by atoms with E-state index in [1.54, 1.807) is 6.07 Å². The molecule has 0 spiro atoms. The lowest BCUT2D eigenvalue weighted by Crippen LogP contribution is -2.31. The lowest BCUT2D eigenvalue weighted by Gasteiger charge is -2.22. The molecule has 0 unspecified atom stereocenters. The molecule has 0 saturated carbocycles. The van der Waals surface area contributed by atoms with Crippen LogP contribution in [0.1, 0.15) is 31.8 Å². The van der Waals surface area contributed by atoms with Crippen LogP contribution in [0.4, 0.5) is 0 Å². The van der Waals surface area contributed by atoms with E-state index in [1.165, 1.54) is 0 Å². The number of hydrogen-bond acceptors (Lipinski definition) is 2. The summed E-state index contributed by atoms with van der Waals surface area (Å²) in [6, 6.07) is 1.67. The van der Waals surface area contributed by atoms with Gasteiger partial charge in [-0.25, -0.2) is 4.98 Å². The second-order valence-corrected chi connectivity index (χ2v) is 4.11. The Labute approximate surface area is 83.8 Å². The lowest BCUT2D eigenvalue weighted by atomic mass is 10.0. The standard InChI is InChI=1S/C11H16N2O/c1-3-9-6-11(14)13-7-8(2)4-5-10(13)12-9/h6,8H,3-5,7H2,1-2H3/t8-/m1/s1. The maximum absolute atomic E-state index is 11.7. The number of fused-ring (bicyclic) bond motifs is 1. The van der Waals surface area contributed by atoms with Crippen molar-refractivity contribution in [3.05, 3.63) is 27.9 Å². The van der Waals surface area contributed by atoms with Crippen LogP contribution in [-0.4, -0.2) is 9.55 Å². The maximum Gasteiger partial charge on any atom is 0.253 e. The van der Waals surface area contributed by atoms with Gasteiger partial charge in [0.05, 0.1) is 0 Å². The van der Waals surface area contributed by atoms with Gasteiger partial charge in [-0.3, -0.25) is 9.36 Å². The third-order valence-electron chi connectivity index (χ3n) is 2.86. The topological polar surface area (TPSA) is 34.9 Å². The summed E-state index contributed by atoms with van der Waals surface area (Å²) in [6.45, 7) is 5.05. The molecule has 76 valence electrons. The van der Waals surface area contributed by atoms with Crippen molar-refractivity contribution in [3.63, 3.8) is 0 Å². The van der Waals surface area contributed by atoms with Crippen LogP contribution in [0, 0.1) is 5.92 Å². The summed E-state index contributed by atoms with van der Waals surface area (Å²) in [5.74, 6) is 1.59. The fraction of sp³-hybridized carbons (Fsp3) is 0.636. The van der Waals surface area contributed by atoms with Crippen molar-refractivity contribution in [2.24, 2.45) is 5.92 Å². The van der Waals surface area contributed by atoms with Crippen LogP contribution in [0.2, 0.25) is 0 Å². The first kappa shape index (κ1) is 9.44. The zero-order valence-corrected chi connectivity index (χ0v) is 8.79. The predicted molar refractivity (Wildman–Crippen MR) is 55.4 cm³/mol. The number of aromatic nitrogens is 2. The minimum Gasteiger partial charge on any atom is -0.296 e. The summed E-state index contributed by atoms with van der Waals surface area (Å²) >= 11 is 0. The molecular formula is C11H16N2O. The van der Waals surface area contributed by atoms with E-state index < -0.39 is 0 Å². The van der Waals surface area contributed by atoms with Gasteiger partial charge in [-0.15, -0.1) is 0 Å². The number of nitrogens with zero attached hydrogens (tertiary/aromatic N) is 2. The normalized spacial score (nSPS) is 20.6. The average Bonchev–Trinajstić information content (AvgIpc) is 2.19. The molecule has 0 amide bonds. The van der Waals surface area contributed by atoms with Crippen molar-refractivity contribution in [2.45, 2.75) is 39.7 Å². The van der Waals surface area contributed by atoms with E-state index >= 15 is 0 Å². The van der Waals surface area contributed by atoms with Crippen LogP contribution in [-0.2, 0) is 19.4 Å². The quantitative estimate of drug-likeness (QED) is 0.674. The van der Waals surface area contributed by atoms with Crippen molar-refractivity contribution >= 4 is 0 Å². The van der Waals surface area contributed by atoms with Gasteiger partial charge in [0.1, 0.15) is 5.82 Å². The van der Waals surface area contributed by atoms with Crippen LogP contribution in [0.15, 0.2) is 10.9 Å². The van der Waals surface area contributed by atoms with Crippen LogP contribution < -0.4 is 5.56 Å². The molecular weight excluding hydrogens is 176 g/mol. The molecule has 0 aliphatic carbocycles. The Balaban J connectivity index is 2.48. The first-order chi connectivity index (χ1) is 6.70. The minimum atomic E-state index is 0.124. The molecule has 0 fully saturated rings. The Bertz CT molecular complexity index is 395. The smallest absolute Gasteiger partial charge is 0.253 e. The summed E-state index contributed by atoms with van der Waals surface area (Å²) in [7, 11) is 0. The van der Waals surface area contributed by atoms with Crippen molar-refractivity contribution in [2.75, 3.05) is 0 Å². The van der Waals surface area contributed by atoms with Gasteiger partial charge in [0.25, 0.3) is 5.56 Å². The molecule has 1 aromatic rings. The van der Waals surface area contributed by atoms with Gasteiger partial charge in [0.15, 0.2) is 0 Å². The van der Waals surface area contributed by atoms with Gasteiger partial charge in [-0.05, 0) is 18.8 Å². The molecule has 1 atom stereocenters. The zero-order chi connectivity index (χ0) is 10.1. The Morgan fingerprint density at radius 3 is 3.14 bits per heavy atom. The first-order valence-electron chi connectivity index (χ1n) is 5.30. The van der Waals surface area contributed by atoms with Gasteiger partial charge in [-0.1, -0.05) is 13.8 Å². The molecule has 0 saturated heterocycles. The summed E-state index contributed by atoms with van der Waals surface area (Å²) in [4.78, 5) is 16.2. The Kier molecular flexibility index (Phi) is 2.40. The second-order valence-electron chi connectivity index (χ2n) is 4.11. The molecule has 0 aromatic carbocycles. The zero-order valence-electron chi connectivity index (χ0n) is 8.79. The molecule has 2 heterocycles. The van der Waals surface area contributed by atoms with E-state index in [1.807, 2.05) is 11.5 Å². The summed E-state index contributed by atoms with van der Waals surface area (Å²) in [6.07, 6.45) is 2.95. The monoisotopic (exact) mass is 192 g/mol. The molecule has 0 bridgehead atoms.